The first-order valence-corrected chi connectivity index (χ1v) is 5.68. The Balaban J connectivity index is 2.14. The van der Waals surface area contributed by atoms with Crippen LogP contribution in [0.15, 0.2) is 24.3 Å². The molecule has 1 aliphatic carbocycles. The number of carboxylic acids is 1. The molecule has 0 unspecified atom stereocenters. The summed E-state index contributed by atoms with van der Waals surface area (Å²) in [5.74, 6) is -0.472. The summed E-state index contributed by atoms with van der Waals surface area (Å²) in [4.78, 5) is 10.8. The quantitative estimate of drug-likeness (QED) is 0.804. The highest BCUT2D eigenvalue weighted by Gasteiger charge is 2.21. The van der Waals surface area contributed by atoms with E-state index in [0.29, 0.717) is 11.5 Å². The Kier molecular flexibility index (Phi) is 3.25. The second kappa shape index (κ2) is 4.66. The summed E-state index contributed by atoms with van der Waals surface area (Å²) in [7, 11) is 0. The van der Waals surface area contributed by atoms with Crippen molar-refractivity contribution < 1.29 is 15.0 Å². The average Bonchev–Trinajstić information content (AvgIpc) is 2.30. The predicted molar refractivity (Wildman–Crippen MR) is 60.6 cm³/mol. The number of hydrogen-bond acceptors (Lipinski definition) is 2. The molecular weight excluding hydrogens is 204 g/mol. The second-order valence-corrected chi connectivity index (χ2v) is 4.44. The fraction of sp³-hybridized carbons (Fsp3) is 0.462. The van der Waals surface area contributed by atoms with Gasteiger partial charge in [-0.2, -0.15) is 0 Å². The molecule has 1 saturated carbocycles. The van der Waals surface area contributed by atoms with E-state index in [4.69, 9.17) is 5.11 Å². The van der Waals surface area contributed by atoms with Gasteiger partial charge in [-0.25, -0.2) is 4.79 Å². The van der Waals surface area contributed by atoms with E-state index in [1.54, 1.807) is 18.2 Å². The lowest BCUT2D eigenvalue weighted by Gasteiger charge is -2.25. The van der Waals surface area contributed by atoms with Gasteiger partial charge in [-0.15, -0.1) is 0 Å². The molecule has 1 fully saturated rings. The van der Waals surface area contributed by atoms with Crippen molar-refractivity contribution in [1.82, 2.24) is 0 Å². The highest BCUT2D eigenvalue weighted by atomic mass is 16.4. The van der Waals surface area contributed by atoms with E-state index >= 15 is 0 Å². The summed E-state index contributed by atoms with van der Waals surface area (Å²) < 4.78 is 0. The Morgan fingerprint density at radius 2 is 1.88 bits per heavy atom. The molecule has 0 radical (unpaired) electrons. The van der Waals surface area contributed by atoms with Gasteiger partial charge < -0.3 is 10.2 Å². The standard InChI is InChI=1S/C13H16O3/c14-12-6-4-9(5-7-12)10-2-1-3-11(8-10)13(15)16/h1-3,8-9,12,14H,4-7H2,(H,15,16). The van der Waals surface area contributed by atoms with Gasteiger partial charge in [0.25, 0.3) is 0 Å². The van der Waals surface area contributed by atoms with Crippen LogP contribution in [0.1, 0.15) is 47.5 Å². The van der Waals surface area contributed by atoms with E-state index < -0.39 is 5.97 Å². The smallest absolute Gasteiger partial charge is 0.335 e. The summed E-state index contributed by atoms with van der Waals surface area (Å²) in [5.41, 5.74) is 1.44. The first kappa shape index (κ1) is 11.1. The van der Waals surface area contributed by atoms with Crippen molar-refractivity contribution in [3.05, 3.63) is 35.4 Å². The summed E-state index contributed by atoms with van der Waals surface area (Å²) >= 11 is 0. The van der Waals surface area contributed by atoms with Crippen molar-refractivity contribution in [3.63, 3.8) is 0 Å². The van der Waals surface area contributed by atoms with Crippen LogP contribution in [0.2, 0.25) is 0 Å². The number of aliphatic hydroxyl groups excluding tert-OH is 1. The highest BCUT2D eigenvalue weighted by molar-refractivity contribution is 5.87. The molecule has 0 amide bonds. The molecular formula is C13H16O3. The Hall–Kier alpha value is -1.35. The Morgan fingerprint density at radius 1 is 1.19 bits per heavy atom. The third-order valence-corrected chi connectivity index (χ3v) is 3.30. The van der Waals surface area contributed by atoms with Crippen LogP contribution < -0.4 is 0 Å². The largest absolute Gasteiger partial charge is 0.478 e. The van der Waals surface area contributed by atoms with E-state index in [0.717, 1.165) is 31.2 Å². The minimum atomic E-state index is -0.877. The molecule has 2 rings (SSSR count). The lowest BCUT2D eigenvalue weighted by Crippen LogP contribution is -2.17. The van der Waals surface area contributed by atoms with Gasteiger partial charge in [0.15, 0.2) is 0 Å². The molecule has 1 aliphatic rings. The molecule has 3 nitrogen and oxygen atoms in total. The molecule has 1 aromatic rings. The van der Waals surface area contributed by atoms with Gasteiger partial charge >= 0.3 is 5.97 Å². The van der Waals surface area contributed by atoms with Gasteiger partial charge in [-0.05, 0) is 49.3 Å². The van der Waals surface area contributed by atoms with Crippen molar-refractivity contribution >= 4 is 5.97 Å². The van der Waals surface area contributed by atoms with Gasteiger partial charge in [0, 0.05) is 0 Å². The lowest BCUT2D eigenvalue weighted by atomic mass is 9.82. The second-order valence-electron chi connectivity index (χ2n) is 4.44. The molecule has 2 N–H and O–H groups in total. The summed E-state index contributed by atoms with van der Waals surface area (Å²) in [6.07, 6.45) is 3.37. The van der Waals surface area contributed by atoms with E-state index in [2.05, 4.69) is 0 Å². The molecule has 0 heterocycles. The monoisotopic (exact) mass is 220 g/mol. The zero-order valence-corrected chi connectivity index (χ0v) is 9.10. The normalized spacial score (nSPS) is 25.3. The van der Waals surface area contributed by atoms with Crippen LogP contribution in [-0.4, -0.2) is 22.3 Å². The topological polar surface area (TPSA) is 57.5 Å². The zero-order valence-electron chi connectivity index (χ0n) is 9.10. The number of aliphatic hydroxyl groups is 1. The third kappa shape index (κ3) is 2.42. The van der Waals surface area contributed by atoms with Crippen LogP contribution in [-0.2, 0) is 0 Å². The zero-order chi connectivity index (χ0) is 11.5. The van der Waals surface area contributed by atoms with Gasteiger partial charge in [0.1, 0.15) is 0 Å². The SMILES string of the molecule is O=C(O)c1cccc(C2CCC(O)CC2)c1. The van der Waals surface area contributed by atoms with Crippen LogP contribution in [0.4, 0.5) is 0 Å². The third-order valence-electron chi connectivity index (χ3n) is 3.30. The molecule has 0 spiro atoms. The van der Waals surface area contributed by atoms with Gasteiger partial charge in [-0.1, -0.05) is 12.1 Å². The van der Waals surface area contributed by atoms with Crippen LogP contribution in [0.3, 0.4) is 0 Å². The minimum Gasteiger partial charge on any atom is -0.478 e. The molecule has 16 heavy (non-hydrogen) atoms. The maximum Gasteiger partial charge on any atom is 0.335 e. The van der Waals surface area contributed by atoms with Gasteiger partial charge in [-0.3, -0.25) is 0 Å². The lowest BCUT2D eigenvalue weighted by molar-refractivity contribution is 0.0696. The van der Waals surface area contributed by atoms with Crippen molar-refractivity contribution in [1.29, 1.82) is 0 Å². The number of hydrogen-bond donors (Lipinski definition) is 2. The van der Waals surface area contributed by atoms with E-state index in [-0.39, 0.29) is 6.10 Å². The van der Waals surface area contributed by atoms with Crippen LogP contribution in [0.5, 0.6) is 0 Å². The van der Waals surface area contributed by atoms with Gasteiger partial charge in [0.2, 0.25) is 0 Å². The fourth-order valence-corrected chi connectivity index (χ4v) is 2.33. The number of rotatable bonds is 2. The Bertz CT molecular complexity index is 379. The first-order valence-electron chi connectivity index (χ1n) is 5.68. The number of aromatic carboxylic acids is 1. The number of carbonyl (C=O) groups is 1. The highest BCUT2D eigenvalue weighted by Crippen LogP contribution is 2.33. The van der Waals surface area contributed by atoms with E-state index in [9.17, 15) is 9.90 Å². The van der Waals surface area contributed by atoms with Crippen molar-refractivity contribution in [2.24, 2.45) is 0 Å². The number of carboxylic acid groups (broad SMARTS) is 1. The molecule has 0 atom stereocenters. The van der Waals surface area contributed by atoms with Crippen molar-refractivity contribution in [3.8, 4) is 0 Å². The fourth-order valence-electron chi connectivity index (χ4n) is 2.33. The van der Waals surface area contributed by atoms with Crippen LogP contribution in [0.25, 0.3) is 0 Å². The summed E-state index contributed by atoms with van der Waals surface area (Å²) in [5, 5.41) is 18.3. The average molecular weight is 220 g/mol. The summed E-state index contributed by atoms with van der Waals surface area (Å²) in [6.45, 7) is 0. The van der Waals surface area contributed by atoms with E-state index in [1.807, 2.05) is 6.07 Å². The molecule has 0 bridgehead atoms. The molecule has 3 heteroatoms. The van der Waals surface area contributed by atoms with Crippen LogP contribution >= 0.6 is 0 Å². The van der Waals surface area contributed by atoms with Crippen LogP contribution in [0, 0.1) is 0 Å². The van der Waals surface area contributed by atoms with Crippen molar-refractivity contribution in [2.45, 2.75) is 37.7 Å². The number of benzene rings is 1. The Labute approximate surface area is 94.7 Å². The molecule has 1 aromatic carbocycles. The Morgan fingerprint density at radius 3 is 2.50 bits per heavy atom. The first-order chi connectivity index (χ1) is 7.66. The maximum absolute atomic E-state index is 10.8. The summed E-state index contributed by atoms with van der Waals surface area (Å²) in [6, 6.07) is 7.15. The molecule has 0 saturated heterocycles. The van der Waals surface area contributed by atoms with E-state index in [1.165, 1.54) is 0 Å². The van der Waals surface area contributed by atoms with Gasteiger partial charge in [0.05, 0.1) is 11.7 Å². The predicted octanol–water partition coefficient (Wildman–Crippen LogP) is 2.40. The molecule has 0 aliphatic heterocycles. The minimum absolute atomic E-state index is 0.168. The maximum atomic E-state index is 10.8. The van der Waals surface area contributed by atoms with Crippen molar-refractivity contribution in [2.75, 3.05) is 0 Å². The molecule has 0 aromatic heterocycles. The molecule has 86 valence electrons.